The summed E-state index contributed by atoms with van der Waals surface area (Å²) in [5.41, 5.74) is -0.0708. The van der Waals surface area contributed by atoms with E-state index in [-0.39, 0.29) is 23.2 Å². The Morgan fingerprint density at radius 1 is 1.16 bits per heavy atom. The van der Waals surface area contributed by atoms with Crippen molar-refractivity contribution in [3.8, 4) is 11.5 Å². The summed E-state index contributed by atoms with van der Waals surface area (Å²) in [6.07, 6.45) is 0. The molecule has 1 heterocycles. The smallest absolute Gasteiger partial charge is 0.322 e. The van der Waals surface area contributed by atoms with Crippen molar-refractivity contribution in [3.05, 3.63) is 68.2 Å². The molecule has 2 aromatic carbocycles. The van der Waals surface area contributed by atoms with Crippen LogP contribution in [-0.2, 0) is 0 Å². The fraction of sp³-hybridized carbons (Fsp3) is 0. The van der Waals surface area contributed by atoms with Gasteiger partial charge in [-0.05, 0) is 24.3 Å². The summed E-state index contributed by atoms with van der Waals surface area (Å²) in [4.78, 5) is 22.5. The number of rotatable bonds is 4. The zero-order valence-electron chi connectivity index (χ0n) is 12.3. The summed E-state index contributed by atoms with van der Waals surface area (Å²) in [7, 11) is 0. The lowest BCUT2D eigenvalue weighted by Gasteiger charge is -2.02. The number of carbonyl (C=O) groups excluding carboxylic acids is 1. The lowest BCUT2D eigenvalue weighted by Crippen LogP contribution is -2.14. The Morgan fingerprint density at radius 3 is 2.68 bits per heavy atom. The third-order valence-corrected chi connectivity index (χ3v) is 3.71. The second-order valence-corrected chi connectivity index (χ2v) is 5.61. The van der Waals surface area contributed by atoms with Crippen molar-refractivity contribution in [1.29, 1.82) is 0 Å². The maximum Gasteiger partial charge on any atom is 0.322 e. The molecule has 10 heteroatoms. The quantitative estimate of drug-likeness (QED) is 0.537. The number of nitro groups is 1. The molecule has 1 N–H and O–H groups in total. The SMILES string of the molecule is O=C(Nc1nnc(-c2cc(Cl)ccc2Cl)o1)c1ccccc1[N+](=O)[O-]. The van der Waals surface area contributed by atoms with Crippen molar-refractivity contribution in [2.24, 2.45) is 0 Å². The van der Waals surface area contributed by atoms with Crippen molar-refractivity contribution in [3.63, 3.8) is 0 Å². The minimum atomic E-state index is -0.750. The predicted octanol–water partition coefficient (Wildman–Crippen LogP) is 4.20. The van der Waals surface area contributed by atoms with Crippen molar-refractivity contribution in [2.75, 3.05) is 5.32 Å². The van der Waals surface area contributed by atoms with E-state index in [1.54, 1.807) is 12.1 Å². The third kappa shape index (κ3) is 3.59. The molecule has 0 radical (unpaired) electrons. The first-order valence-electron chi connectivity index (χ1n) is 6.79. The maximum absolute atomic E-state index is 12.2. The lowest BCUT2D eigenvalue weighted by molar-refractivity contribution is -0.385. The number of aromatic nitrogens is 2. The van der Waals surface area contributed by atoms with Gasteiger partial charge in [0.2, 0.25) is 0 Å². The van der Waals surface area contributed by atoms with E-state index >= 15 is 0 Å². The summed E-state index contributed by atoms with van der Waals surface area (Å²) in [5.74, 6) is -0.704. The van der Waals surface area contributed by atoms with Crippen molar-refractivity contribution in [2.45, 2.75) is 0 Å². The Hall–Kier alpha value is -2.97. The summed E-state index contributed by atoms with van der Waals surface area (Å²) in [5, 5.41) is 21.5. The number of nitrogens with zero attached hydrogens (tertiary/aromatic N) is 3. The van der Waals surface area contributed by atoms with Gasteiger partial charge in [0.05, 0.1) is 15.5 Å². The summed E-state index contributed by atoms with van der Waals surface area (Å²) in [6.45, 7) is 0. The molecule has 0 saturated heterocycles. The van der Waals surface area contributed by atoms with Gasteiger partial charge in [-0.25, -0.2) is 0 Å². The van der Waals surface area contributed by atoms with Crippen LogP contribution >= 0.6 is 23.2 Å². The van der Waals surface area contributed by atoms with E-state index < -0.39 is 10.8 Å². The van der Waals surface area contributed by atoms with E-state index in [1.807, 2.05) is 0 Å². The zero-order valence-corrected chi connectivity index (χ0v) is 13.8. The first-order valence-corrected chi connectivity index (χ1v) is 7.55. The van der Waals surface area contributed by atoms with E-state index in [1.165, 1.54) is 30.3 Å². The van der Waals surface area contributed by atoms with E-state index in [4.69, 9.17) is 27.6 Å². The molecule has 0 aliphatic heterocycles. The number of amides is 1. The molecule has 3 rings (SSSR count). The first kappa shape index (κ1) is 16.9. The molecular weight excluding hydrogens is 371 g/mol. The third-order valence-electron chi connectivity index (χ3n) is 3.15. The zero-order chi connectivity index (χ0) is 18.0. The van der Waals surface area contributed by atoms with Crippen LogP contribution in [0.2, 0.25) is 10.0 Å². The van der Waals surface area contributed by atoms with Crippen molar-refractivity contribution < 1.29 is 14.1 Å². The topological polar surface area (TPSA) is 111 Å². The van der Waals surface area contributed by atoms with E-state index in [9.17, 15) is 14.9 Å². The van der Waals surface area contributed by atoms with Gasteiger partial charge >= 0.3 is 6.01 Å². The summed E-state index contributed by atoms with van der Waals surface area (Å²) >= 11 is 12.0. The molecule has 0 saturated carbocycles. The van der Waals surface area contributed by atoms with Gasteiger partial charge in [0.1, 0.15) is 5.56 Å². The average Bonchev–Trinajstić information content (AvgIpc) is 3.05. The number of nitrogens with one attached hydrogen (secondary N) is 1. The van der Waals surface area contributed by atoms with Gasteiger partial charge in [0.15, 0.2) is 0 Å². The highest BCUT2D eigenvalue weighted by molar-refractivity contribution is 6.35. The van der Waals surface area contributed by atoms with Gasteiger partial charge in [-0.2, -0.15) is 0 Å². The molecule has 3 aromatic rings. The Morgan fingerprint density at radius 2 is 1.92 bits per heavy atom. The largest absolute Gasteiger partial charge is 0.403 e. The van der Waals surface area contributed by atoms with Crippen LogP contribution in [0.15, 0.2) is 46.9 Å². The molecule has 1 aromatic heterocycles. The monoisotopic (exact) mass is 378 g/mol. The highest BCUT2D eigenvalue weighted by Crippen LogP contribution is 2.30. The average molecular weight is 379 g/mol. The molecule has 0 spiro atoms. The Kier molecular flexibility index (Phi) is 4.64. The Balaban J connectivity index is 1.86. The van der Waals surface area contributed by atoms with Crippen LogP contribution in [0.4, 0.5) is 11.7 Å². The number of hydrogen-bond donors (Lipinski definition) is 1. The number of para-hydroxylation sites is 1. The van der Waals surface area contributed by atoms with Crippen LogP contribution in [0.3, 0.4) is 0 Å². The molecule has 0 aliphatic carbocycles. The van der Waals surface area contributed by atoms with E-state index in [2.05, 4.69) is 15.5 Å². The molecule has 1 amide bonds. The number of halogens is 2. The van der Waals surface area contributed by atoms with Crippen LogP contribution in [0.1, 0.15) is 10.4 Å². The minimum Gasteiger partial charge on any atom is -0.403 e. The highest BCUT2D eigenvalue weighted by Gasteiger charge is 2.21. The molecule has 0 fully saturated rings. The Bertz CT molecular complexity index is 974. The number of benzene rings is 2. The van der Waals surface area contributed by atoms with Gasteiger partial charge < -0.3 is 4.42 Å². The van der Waals surface area contributed by atoms with Crippen LogP contribution in [-0.4, -0.2) is 21.0 Å². The van der Waals surface area contributed by atoms with Gasteiger partial charge in [0, 0.05) is 11.1 Å². The predicted molar refractivity (Wildman–Crippen MR) is 90.8 cm³/mol. The van der Waals surface area contributed by atoms with Crippen LogP contribution in [0, 0.1) is 10.1 Å². The van der Waals surface area contributed by atoms with E-state index in [0.29, 0.717) is 15.6 Å². The minimum absolute atomic E-state index is 0.0466. The van der Waals surface area contributed by atoms with Gasteiger partial charge in [0.25, 0.3) is 17.5 Å². The second kappa shape index (κ2) is 6.88. The number of carbonyl (C=O) groups is 1. The van der Waals surface area contributed by atoms with Gasteiger partial charge in [-0.15, -0.1) is 5.10 Å². The van der Waals surface area contributed by atoms with E-state index in [0.717, 1.165) is 0 Å². The fourth-order valence-corrected chi connectivity index (χ4v) is 2.40. The molecule has 0 bridgehead atoms. The summed E-state index contributed by atoms with van der Waals surface area (Å²) < 4.78 is 5.33. The van der Waals surface area contributed by atoms with Crippen molar-refractivity contribution >= 4 is 40.8 Å². The molecule has 8 nitrogen and oxygen atoms in total. The van der Waals surface area contributed by atoms with Gasteiger partial charge in [-0.3, -0.25) is 20.2 Å². The van der Waals surface area contributed by atoms with Crippen molar-refractivity contribution in [1.82, 2.24) is 10.2 Å². The number of nitro benzene ring substituents is 1. The number of hydrogen-bond acceptors (Lipinski definition) is 6. The molecule has 0 atom stereocenters. The van der Waals surface area contributed by atoms with Crippen LogP contribution < -0.4 is 5.32 Å². The molecule has 0 aliphatic rings. The lowest BCUT2D eigenvalue weighted by atomic mass is 10.1. The van der Waals surface area contributed by atoms with Gasteiger partial charge in [-0.1, -0.05) is 40.4 Å². The first-order chi connectivity index (χ1) is 12.0. The fourth-order valence-electron chi connectivity index (χ4n) is 2.03. The second-order valence-electron chi connectivity index (χ2n) is 4.76. The maximum atomic E-state index is 12.2. The Labute approximate surface area is 150 Å². The van der Waals surface area contributed by atoms with Crippen LogP contribution in [0.5, 0.6) is 0 Å². The molecule has 0 unspecified atom stereocenters. The molecular formula is C15H8Cl2N4O4. The highest BCUT2D eigenvalue weighted by atomic mass is 35.5. The summed E-state index contributed by atoms with van der Waals surface area (Å²) in [6, 6.07) is 9.97. The molecule has 25 heavy (non-hydrogen) atoms. The molecule has 126 valence electrons. The normalized spacial score (nSPS) is 10.5. The number of anilines is 1. The standard InChI is InChI=1S/C15H8Cl2N4O4/c16-8-5-6-11(17)10(7-8)14-19-20-15(25-14)18-13(22)9-3-1-2-4-12(9)21(23)24/h1-7H,(H,18,20,22). The van der Waals surface area contributed by atoms with Crippen LogP contribution in [0.25, 0.3) is 11.5 Å².